The Bertz CT molecular complexity index is 560. The number of hydrogen-bond acceptors (Lipinski definition) is 4. The van der Waals surface area contributed by atoms with Gasteiger partial charge in [-0.1, -0.05) is 27.2 Å². The fraction of sp³-hybridized carbons (Fsp3) is 0.650. The molecule has 0 aromatic heterocycles. The van der Waals surface area contributed by atoms with Crippen LogP contribution in [0, 0.1) is 5.92 Å². The number of unbranched alkanes of at least 4 members (excludes halogenated alkanes) is 1. The van der Waals surface area contributed by atoms with Crippen LogP contribution in [0.15, 0.2) is 18.2 Å². The van der Waals surface area contributed by atoms with Gasteiger partial charge < -0.3 is 14.8 Å². The zero-order valence-corrected chi connectivity index (χ0v) is 16.0. The van der Waals surface area contributed by atoms with E-state index < -0.39 is 0 Å². The maximum Gasteiger partial charge on any atom is 0.241 e. The lowest BCUT2D eigenvalue weighted by molar-refractivity contribution is -0.120. The van der Waals surface area contributed by atoms with Gasteiger partial charge in [0.05, 0.1) is 19.8 Å². The summed E-state index contributed by atoms with van der Waals surface area (Å²) in [6.07, 6.45) is 4.31. The van der Waals surface area contributed by atoms with E-state index in [9.17, 15) is 4.79 Å². The number of benzene rings is 1. The molecular formula is C20H32N2O3. The van der Waals surface area contributed by atoms with E-state index in [1.807, 2.05) is 18.2 Å². The van der Waals surface area contributed by atoms with Gasteiger partial charge in [0.2, 0.25) is 5.91 Å². The highest BCUT2D eigenvalue weighted by Crippen LogP contribution is 2.31. The minimum absolute atomic E-state index is 0.0197. The number of hydrogen-bond donors (Lipinski definition) is 1. The molecule has 1 heterocycles. The predicted octanol–water partition coefficient (Wildman–Crippen LogP) is 3.93. The Kier molecular flexibility index (Phi) is 7.56. The van der Waals surface area contributed by atoms with Gasteiger partial charge in [-0.2, -0.15) is 0 Å². The molecule has 0 saturated carbocycles. The third-order valence-electron chi connectivity index (χ3n) is 4.47. The number of nitrogens with zero attached hydrogens (tertiary/aromatic N) is 1. The zero-order chi connectivity index (χ0) is 18.2. The van der Waals surface area contributed by atoms with Gasteiger partial charge >= 0.3 is 0 Å². The van der Waals surface area contributed by atoms with Crippen LogP contribution >= 0.6 is 0 Å². The van der Waals surface area contributed by atoms with Gasteiger partial charge in [-0.3, -0.25) is 9.69 Å². The fourth-order valence-corrected chi connectivity index (χ4v) is 3.10. The van der Waals surface area contributed by atoms with Crippen LogP contribution in [0.3, 0.4) is 0 Å². The first-order valence-electron chi connectivity index (χ1n) is 9.40. The molecule has 1 unspecified atom stereocenters. The maximum atomic E-state index is 12.7. The molecule has 0 aliphatic carbocycles. The van der Waals surface area contributed by atoms with E-state index in [4.69, 9.17) is 9.47 Å². The molecule has 5 nitrogen and oxygen atoms in total. The molecule has 0 spiro atoms. The summed E-state index contributed by atoms with van der Waals surface area (Å²) in [5.41, 5.74) is 0.756. The highest BCUT2D eigenvalue weighted by molar-refractivity contribution is 5.95. The molecule has 1 aromatic rings. The van der Waals surface area contributed by atoms with Crippen molar-refractivity contribution >= 4 is 11.6 Å². The quantitative estimate of drug-likeness (QED) is 0.734. The molecular weight excluding hydrogens is 316 g/mol. The summed E-state index contributed by atoms with van der Waals surface area (Å²) in [5, 5.41) is 3.05. The first-order chi connectivity index (χ1) is 12.0. The lowest BCUT2D eigenvalue weighted by atomic mass is 10.2. The second-order valence-corrected chi connectivity index (χ2v) is 7.11. The number of nitrogens with one attached hydrogen (secondary N) is 1. The van der Waals surface area contributed by atoms with Crippen molar-refractivity contribution in [3.05, 3.63) is 18.2 Å². The molecule has 0 radical (unpaired) electrons. The molecule has 5 heteroatoms. The molecule has 140 valence electrons. The number of amides is 1. The molecule has 1 saturated heterocycles. The van der Waals surface area contributed by atoms with Gasteiger partial charge in [0.1, 0.15) is 0 Å². The van der Waals surface area contributed by atoms with Crippen molar-refractivity contribution in [2.45, 2.75) is 52.5 Å². The van der Waals surface area contributed by atoms with Crippen molar-refractivity contribution in [2.24, 2.45) is 5.92 Å². The average Bonchev–Trinajstić information content (AvgIpc) is 3.06. The van der Waals surface area contributed by atoms with E-state index in [0.29, 0.717) is 24.0 Å². The normalized spacial score (nSPS) is 17.7. The lowest BCUT2D eigenvalue weighted by Crippen LogP contribution is -2.40. The highest BCUT2D eigenvalue weighted by atomic mass is 16.5. The van der Waals surface area contributed by atoms with E-state index in [1.165, 1.54) is 0 Å². The molecule has 1 atom stereocenters. The van der Waals surface area contributed by atoms with Crippen LogP contribution in [0.4, 0.5) is 5.69 Å². The summed E-state index contributed by atoms with van der Waals surface area (Å²) in [4.78, 5) is 15.0. The van der Waals surface area contributed by atoms with Crippen LogP contribution in [0.1, 0.15) is 46.5 Å². The maximum absolute atomic E-state index is 12.7. The molecule has 1 N–H and O–H groups in total. The minimum atomic E-state index is -0.0197. The Morgan fingerprint density at radius 1 is 1.36 bits per heavy atom. The molecule has 1 aliphatic rings. The Morgan fingerprint density at radius 3 is 2.84 bits per heavy atom. The molecule has 0 bridgehead atoms. The van der Waals surface area contributed by atoms with Gasteiger partial charge in [-0.15, -0.1) is 0 Å². The summed E-state index contributed by atoms with van der Waals surface area (Å²) in [5.74, 6) is 1.86. The monoisotopic (exact) mass is 348 g/mol. The smallest absolute Gasteiger partial charge is 0.241 e. The third-order valence-corrected chi connectivity index (χ3v) is 4.47. The predicted molar refractivity (Wildman–Crippen MR) is 101 cm³/mol. The molecule has 1 amide bonds. The average molecular weight is 348 g/mol. The SMILES string of the molecule is CCCCN1CCCC1C(=O)Nc1ccc(OC)c(OCC(C)C)c1. The minimum Gasteiger partial charge on any atom is -0.493 e. The van der Waals surface area contributed by atoms with E-state index in [1.54, 1.807) is 7.11 Å². The molecule has 25 heavy (non-hydrogen) atoms. The van der Waals surface area contributed by atoms with Gasteiger partial charge in [-0.05, 0) is 50.4 Å². The van der Waals surface area contributed by atoms with E-state index in [2.05, 4.69) is 31.0 Å². The van der Waals surface area contributed by atoms with E-state index >= 15 is 0 Å². The molecule has 2 rings (SSSR count). The van der Waals surface area contributed by atoms with Gasteiger partial charge in [0, 0.05) is 11.8 Å². The van der Waals surface area contributed by atoms with Crippen molar-refractivity contribution in [3.8, 4) is 11.5 Å². The van der Waals surface area contributed by atoms with Crippen LogP contribution in [-0.4, -0.2) is 43.7 Å². The third kappa shape index (κ3) is 5.63. The molecule has 1 aromatic carbocycles. The van der Waals surface area contributed by atoms with Crippen molar-refractivity contribution in [1.29, 1.82) is 0 Å². The van der Waals surface area contributed by atoms with Crippen LogP contribution < -0.4 is 14.8 Å². The number of carbonyl (C=O) groups is 1. The number of anilines is 1. The van der Waals surface area contributed by atoms with Gasteiger partial charge in [0.25, 0.3) is 0 Å². The zero-order valence-electron chi connectivity index (χ0n) is 16.0. The second-order valence-electron chi connectivity index (χ2n) is 7.11. The Balaban J connectivity index is 2.03. The van der Waals surface area contributed by atoms with Crippen LogP contribution in [0.2, 0.25) is 0 Å². The number of rotatable bonds is 9. The Labute approximate surface area is 151 Å². The van der Waals surface area contributed by atoms with Crippen molar-refractivity contribution < 1.29 is 14.3 Å². The van der Waals surface area contributed by atoms with Gasteiger partial charge in [0.15, 0.2) is 11.5 Å². The number of ether oxygens (including phenoxy) is 2. The summed E-state index contributed by atoms with van der Waals surface area (Å²) < 4.78 is 11.2. The van der Waals surface area contributed by atoms with Crippen molar-refractivity contribution in [1.82, 2.24) is 4.90 Å². The summed E-state index contributed by atoms with van der Waals surface area (Å²) >= 11 is 0. The molecule has 1 aliphatic heterocycles. The Hall–Kier alpha value is -1.75. The largest absolute Gasteiger partial charge is 0.493 e. The highest BCUT2D eigenvalue weighted by Gasteiger charge is 2.30. The van der Waals surface area contributed by atoms with Crippen molar-refractivity contribution in [3.63, 3.8) is 0 Å². The topological polar surface area (TPSA) is 50.8 Å². The van der Waals surface area contributed by atoms with Crippen LogP contribution in [0.5, 0.6) is 11.5 Å². The summed E-state index contributed by atoms with van der Waals surface area (Å²) in [6, 6.07) is 5.54. The summed E-state index contributed by atoms with van der Waals surface area (Å²) in [7, 11) is 1.62. The Morgan fingerprint density at radius 2 is 2.16 bits per heavy atom. The second kappa shape index (κ2) is 9.66. The number of likely N-dealkylation sites (tertiary alicyclic amines) is 1. The number of methoxy groups -OCH3 is 1. The standard InChI is InChI=1S/C20H32N2O3/c1-5-6-11-22-12-7-8-17(22)20(23)21-16-9-10-18(24-4)19(13-16)25-14-15(2)3/h9-10,13,15,17H,5-8,11-12,14H2,1-4H3,(H,21,23). The van der Waals surface area contributed by atoms with Crippen LogP contribution in [-0.2, 0) is 4.79 Å². The molecule has 1 fully saturated rings. The van der Waals surface area contributed by atoms with Gasteiger partial charge in [-0.25, -0.2) is 0 Å². The van der Waals surface area contributed by atoms with Crippen molar-refractivity contribution in [2.75, 3.05) is 32.1 Å². The number of carbonyl (C=O) groups excluding carboxylic acids is 1. The van der Waals surface area contributed by atoms with Crippen LogP contribution in [0.25, 0.3) is 0 Å². The lowest BCUT2D eigenvalue weighted by Gasteiger charge is -2.23. The summed E-state index contributed by atoms with van der Waals surface area (Å²) in [6.45, 7) is 9.01. The first-order valence-corrected chi connectivity index (χ1v) is 9.40. The van der Waals surface area contributed by atoms with E-state index in [-0.39, 0.29) is 11.9 Å². The first kappa shape index (κ1) is 19.6. The van der Waals surface area contributed by atoms with E-state index in [0.717, 1.165) is 44.5 Å². The fourth-order valence-electron chi connectivity index (χ4n) is 3.10.